The summed E-state index contributed by atoms with van der Waals surface area (Å²) in [6.07, 6.45) is 3.61. The molecule has 1 unspecified atom stereocenters. The number of imidazole rings is 1. The fourth-order valence-corrected chi connectivity index (χ4v) is 6.13. The Balaban J connectivity index is 1.34. The van der Waals surface area contributed by atoms with E-state index in [0.717, 1.165) is 32.0 Å². The molecule has 0 N–H and O–H groups in total. The van der Waals surface area contributed by atoms with Crippen LogP contribution in [0.1, 0.15) is 30.3 Å². The van der Waals surface area contributed by atoms with E-state index in [-0.39, 0.29) is 0 Å². The minimum atomic E-state index is 0.310. The summed E-state index contributed by atoms with van der Waals surface area (Å²) < 4.78 is 24.9. The van der Waals surface area contributed by atoms with Crippen LogP contribution in [-0.4, -0.2) is 38.8 Å². The van der Waals surface area contributed by atoms with Gasteiger partial charge in [0.25, 0.3) is 5.19 Å². The molecule has 0 spiro atoms. The molecule has 38 heavy (non-hydrogen) atoms. The van der Waals surface area contributed by atoms with Gasteiger partial charge in [-0.1, -0.05) is 23.1 Å². The van der Waals surface area contributed by atoms with Crippen molar-refractivity contribution in [2.24, 2.45) is 0 Å². The fourth-order valence-electron chi connectivity index (χ4n) is 4.10. The first-order valence-corrected chi connectivity index (χ1v) is 14.0. The van der Waals surface area contributed by atoms with Crippen LogP contribution in [0.2, 0.25) is 0 Å². The molecule has 0 aliphatic rings. The highest BCUT2D eigenvalue weighted by atomic mass is 32.1. The lowest BCUT2D eigenvalue weighted by atomic mass is 10.1. The topological polar surface area (TPSA) is 96.8 Å². The van der Waals surface area contributed by atoms with E-state index in [1.54, 1.807) is 36.3 Å². The number of fused-ring (bicyclic) bond motifs is 2. The van der Waals surface area contributed by atoms with Gasteiger partial charge in [0.2, 0.25) is 4.96 Å². The molecule has 5 aromatic heterocycles. The minimum Gasteiger partial charge on any atom is -0.496 e. The van der Waals surface area contributed by atoms with Crippen LogP contribution in [0.4, 0.5) is 0 Å². The summed E-state index contributed by atoms with van der Waals surface area (Å²) in [7, 11) is 5.84. The predicted octanol–water partition coefficient (Wildman–Crippen LogP) is 5.94. The van der Waals surface area contributed by atoms with Crippen LogP contribution in [0.5, 0.6) is 16.7 Å². The minimum absolute atomic E-state index is 0.310. The number of hydrogen-bond acceptors (Lipinski definition) is 10. The largest absolute Gasteiger partial charge is 0.496 e. The highest BCUT2D eigenvalue weighted by molar-refractivity contribution is 7.27. The van der Waals surface area contributed by atoms with E-state index >= 15 is 0 Å². The first-order chi connectivity index (χ1) is 18.4. The Labute approximate surface area is 228 Å². The van der Waals surface area contributed by atoms with Crippen molar-refractivity contribution in [2.45, 2.75) is 26.4 Å². The van der Waals surface area contributed by atoms with Gasteiger partial charge in [0.15, 0.2) is 5.76 Å². The number of furan rings is 1. The van der Waals surface area contributed by atoms with E-state index in [4.69, 9.17) is 23.6 Å². The highest BCUT2D eigenvalue weighted by Gasteiger charge is 2.20. The molecular formula is C26H24N5O4PS2. The average Bonchev–Trinajstić information content (AvgIpc) is 3.68. The number of methoxy groups -OCH3 is 2. The molecule has 194 valence electrons. The first-order valence-electron chi connectivity index (χ1n) is 11.8. The van der Waals surface area contributed by atoms with Gasteiger partial charge in [-0.15, -0.1) is 16.4 Å². The molecule has 0 saturated heterocycles. The van der Waals surface area contributed by atoms with Gasteiger partial charge in [0, 0.05) is 28.8 Å². The van der Waals surface area contributed by atoms with Gasteiger partial charge >= 0.3 is 0 Å². The molecule has 6 aromatic rings. The number of pyridine rings is 1. The summed E-state index contributed by atoms with van der Waals surface area (Å²) >= 11 is 3.05. The second-order valence-electron chi connectivity index (χ2n) is 8.82. The van der Waals surface area contributed by atoms with Crippen molar-refractivity contribution in [1.82, 2.24) is 24.6 Å². The maximum atomic E-state index is 6.37. The normalized spacial score (nSPS) is 11.6. The van der Waals surface area contributed by atoms with Crippen molar-refractivity contribution in [1.29, 1.82) is 0 Å². The van der Waals surface area contributed by atoms with Crippen LogP contribution >= 0.6 is 31.9 Å². The fraction of sp³-hybridized carbons (Fsp3) is 0.231. The number of benzene rings is 1. The molecule has 9 nitrogen and oxygen atoms in total. The monoisotopic (exact) mass is 565 g/mol. The Kier molecular flexibility index (Phi) is 6.51. The molecule has 12 heteroatoms. The molecule has 0 aliphatic carbocycles. The highest BCUT2D eigenvalue weighted by Crippen LogP contribution is 2.39. The molecular weight excluding hydrogens is 541 g/mol. The summed E-state index contributed by atoms with van der Waals surface area (Å²) in [5.74, 6) is 2.21. The number of nitrogens with zero attached hydrogens (tertiary/aromatic N) is 5. The molecule has 1 aromatic carbocycles. The van der Waals surface area contributed by atoms with Gasteiger partial charge in [-0.2, -0.15) is 0 Å². The second-order valence-corrected chi connectivity index (χ2v) is 11.4. The lowest BCUT2D eigenvalue weighted by Crippen LogP contribution is -2.01. The first kappa shape index (κ1) is 24.8. The van der Waals surface area contributed by atoms with Gasteiger partial charge < -0.3 is 18.6 Å². The Morgan fingerprint density at radius 1 is 1.08 bits per heavy atom. The number of aromatic nitrogens is 5. The van der Waals surface area contributed by atoms with Crippen LogP contribution in [-0.2, 0) is 6.61 Å². The third-order valence-electron chi connectivity index (χ3n) is 5.90. The second kappa shape index (κ2) is 9.98. The third-order valence-corrected chi connectivity index (χ3v) is 8.55. The lowest BCUT2D eigenvalue weighted by molar-refractivity contribution is 0.302. The van der Waals surface area contributed by atoms with E-state index in [1.807, 2.05) is 36.5 Å². The quantitative estimate of drug-likeness (QED) is 0.209. The van der Waals surface area contributed by atoms with Crippen molar-refractivity contribution < 1.29 is 18.6 Å². The van der Waals surface area contributed by atoms with Gasteiger partial charge in [0.1, 0.15) is 34.4 Å². The maximum Gasteiger partial charge on any atom is 0.294 e. The maximum absolute atomic E-state index is 6.37. The van der Waals surface area contributed by atoms with Crippen molar-refractivity contribution in [3.63, 3.8) is 0 Å². The molecule has 0 radical (unpaired) electrons. The molecule has 0 fully saturated rings. The summed E-state index contributed by atoms with van der Waals surface area (Å²) in [5.41, 5.74) is 4.15. The van der Waals surface area contributed by atoms with Gasteiger partial charge in [0.05, 0.1) is 36.9 Å². The molecule has 0 bridgehead atoms. The van der Waals surface area contributed by atoms with Crippen LogP contribution in [0.15, 0.2) is 47.1 Å². The zero-order valence-corrected chi connectivity index (χ0v) is 23.9. The van der Waals surface area contributed by atoms with E-state index in [9.17, 15) is 0 Å². The van der Waals surface area contributed by atoms with Crippen molar-refractivity contribution in [3.05, 3.63) is 53.3 Å². The molecule has 0 aliphatic heterocycles. The van der Waals surface area contributed by atoms with Crippen LogP contribution in [0.3, 0.4) is 0 Å². The smallest absolute Gasteiger partial charge is 0.294 e. The van der Waals surface area contributed by atoms with Gasteiger partial charge in [-0.25, -0.2) is 14.5 Å². The lowest BCUT2D eigenvalue weighted by Gasteiger charge is -2.10. The summed E-state index contributed by atoms with van der Waals surface area (Å²) in [6, 6.07) is 9.64. The molecule has 1 atom stereocenters. The average molecular weight is 566 g/mol. The van der Waals surface area contributed by atoms with Gasteiger partial charge in [-0.3, -0.25) is 4.98 Å². The Morgan fingerprint density at radius 2 is 1.95 bits per heavy atom. The molecule has 0 saturated carbocycles. The van der Waals surface area contributed by atoms with E-state index in [2.05, 4.69) is 38.2 Å². The van der Waals surface area contributed by atoms with Crippen molar-refractivity contribution in [3.8, 4) is 38.7 Å². The number of ether oxygens (including phenoxy) is 3. The standard InChI is InChI=1S/C26H24N5O4PS2/c1-13(2)23-18(28-24(37-23)14-5-6-27-22(36)7-14)12-34-19-8-15(32-3)9-20-16(19)10-21(35-20)17-11-31-25(29-17)38-26(30-31)33-4/h5-11,13H,12,36H2,1-4H3. The molecule has 6 rings (SSSR count). The summed E-state index contributed by atoms with van der Waals surface area (Å²) in [5, 5.41) is 6.67. The van der Waals surface area contributed by atoms with Crippen molar-refractivity contribution >= 4 is 53.3 Å². The molecule has 5 heterocycles. The van der Waals surface area contributed by atoms with Gasteiger partial charge in [-0.05, 0) is 35.5 Å². The SMILES string of the molecule is COc1cc(OCc2nc(-c3ccnc(P)c3)sc2C(C)C)c2cc(-c3cn4nc(OC)sc4n3)oc2c1. The third kappa shape index (κ3) is 4.62. The van der Waals surface area contributed by atoms with E-state index < -0.39 is 0 Å². The Hall–Kier alpha value is -3.53. The number of rotatable bonds is 8. The Morgan fingerprint density at radius 3 is 2.68 bits per heavy atom. The molecule has 0 amide bonds. The van der Waals surface area contributed by atoms with Crippen LogP contribution in [0, 0.1) is 0 Å². The number of thiazole rings is 1. The van der Waals surface area contributed by atoms with Crippen LogP contribution < -0.4 is 19.6 Å². The summed E-state index contributed by atoms with van der Waals surface area (Å²) in [6.45, 7) is 4.65. The Bertz CT molecular complexity index is 1740. The zero-order chi connectivity index (χ0) is 26.4. The van der Waals surface area contributed by atoms with Crippen LogP contribution in [0.25, 0.3) is 38.0 Å². The predicted molar refractivity (Wildman–Crippen MR) is 152 cm³/mol. The van der Waals surface area contributed by atoms with Crippen molar-refractivity contribution in [2.75, 3.05) is 14.2 Å². The summed E-state index contributed by atoms with van der Waals surface area (Å²) in [4.78, 5) is 15.8. The number of hydrogen-bond donors (Lipinski definition) is 0. The van der Waals surface area contributed by atoms with E-state index in [0.29, 0.717) is 46.3 Å². The van der Waals surface area contributed by atoms with E-state index in [1.165, 1.54) is 16.2 Å². The zero-order valence-electron chi connectivity index (χ0n) is 21.1.